The maximum absolute atomic E-state index is 13.1. The summed E-state index contributed by atoms with van der Waals surface area (Å²) in [4.78, 5) is 31.0. The Morgan fingerprint density at radius 1 is 1.33 bits per heavy atom. The molecule has 1 aliphatic heterocycles. The fraction of sp³-hybridized carbons (Fsp3) is 0.316. The molecular formula is C19H19ClN6O2S2. The van der Waals surface area contributed by atoms with Gasteiger partial charge in [0.05, 0.1) is 22.4 Å². The maximum atomic E-state index is 13.1. The second-order valence-electron chi connectivity index (χ2n) is 6.71. The number of carbonyl (C=O) groups excluding carboxylic acids is 2. The molecule has 2 aromatic heterocycles. The average molecular weight is 463 g/mol. The van der Waals surface area contributed by atoms with Crippen molar-refractivity contribution in [2.24, 2.45) is 7.05 Å². The summed E-state index contributed by atoms with van der Waals surface area (Å²) in [5.74, 6) is 0.633. The van der Waals surface area contributed by atoms with Gasteiger partial charge in [0.2, 0.25) is 5.91 Å². The molecule has 0 saturated carbocycles. The average Bonchev–Trinajstić information content (AvgIpc) is 3.48. The van der Waals surface area contributed by atoms with E-state index in [-0.39, 0.29) is 23.6 Å². The van der Waals surface area contributed by atoms with Crippen LogP contribution in [-0.4, -0.2) is 48.8 Å². The molecule has 30 heavy (non-hydrogen) atoms. The van der Waals surface area contributed by atoms with Gasteiger partial charge in [-0.2, -0.15) is 0 Å². The van der Waals surface area contributed by atoms with E-state index >= 15 is 0 Å². The molecule has 0 bridgehead atoms. The van der Waals surface area contributed by atoms with Gasteiger partial charge in [0.15, 0.2) is 16.1 Å². The van der Waals surface area contributed by atoms with E-state index in [9.17, 15) is 9.59 Å². The fourth-order valence-corrected chi connectivity index (χ4v) is 4.86. The summed E-state index contributed by atoms with van der Waals surface area (Å²) in [6.07, 6.45) is 3.32. The quantitative estimate of drug-likeness (QED) is 0.562. The summed E-state index contributed by atoms with van der Waals surface area (Å²) in [6, 6.07) is 6.88. The molecule has 1 aromatic carbocycles. The van der Waals surface area contributed by atoms with Gasteiger partial charge < -0.3 is 14.8 Å². The second kappa shape index (κ2) is 9.15. The Hall–Kier alpha value is -2.43. The van der Waals surface area contributed by atoms with Crippen LogP contribution in [0.5, 0.6) is 0 Å². The Labute approximate surface area is 186 Å². The third-order valence-corrected chi connectivity index (χ3v) is 6.83. The summed E-state index contributed by atoms with van der Waals surface area (Å²) in [7, 11) is 1.85. The van der Waals surface area contributed by atoms with Gasteiger partial charge in [0.1, 0.15) is 0 Å². The van der Waals surface area contributed by atoms with Crippen LogP contribution in [-0.2, 0) is 11.8 Å². The molecule has 3 heterocycles. The predicted molar refractivity (Wildman–Crippen MR) is 117 cm³/mol. The highest BCUT2D eigenvalue weighted by Crippen LogP contribution is 2.34. The van der Waals surface area contributed by atoms with Crippen molar-refractivity contribution in [2.75, 3.05) is 17.6 Å². The lowest BCUT2D eigenvalue weighted by molar-refractivity contribution is -0.113. The summed E-state index contributed by atoms with van der Waals surface area (Å²) >= 11 is 8.88. The number of benzene rings is 1. The highest BCUT2D eigenvalue weighted by molar-refractivity contribution is 7.99. The molecule has 1 aliphatic rings. The molecular weight excluding hydrogens is 444 g/mol. The first kappa shape index (κ1) is 20.8. The van der Waals surface area contributed by atoms with Crippen molar-refractivity contribution in [3.8, 4) is 0 Å². The number of amides is 2. The monoisotopic (exact) mass is 462 g/mol. The summed E-state index contributed by atoms with van der Waals surface area (Å²) in [6.45, 7) is 0.639. The molecule has 11 heteroatoms. The number of thioether (sulfide) groups is 1. The van der Waals surface area contributed by atoms with E-state index in [4.69, 9.17) is 11.6 Å². The zero-order chi connectivity index (χ0) is 21.1. The number of nitrogens with one attached hydrogen (secondary N) is 1. The van der Waals surface area contributed by atoms with Crippen molar-refractivity contribution >= 4 is 51.6 Å². The van der Waals surface area contributed by atoms with E-state index < -0.39 is 0 Å². The van der Waals surface area contributed by atoms with Crippen LogP contribution in [0.3, 0.4) is 0 Å². The van der Waals surface area contributed by atoms with Crippen LogP contribution < -0.4 is 5.32 Å². The number of hydrogen-bond acceptors (Lipinski definition) is 7. The molecule has 8 nitrogen and oxygen atoms in total. The molecule has 2 amide bonds. The first-order chi connectivity index (χ1) is 14.5. The Kier molecular flexibility index (Phi) is 6.35. The third kappa shape index (κ3) is 4.35. The van der Waals surface area contributed by atoms with Gasteiger partial charge in [-0.25, -0.2) is 4.98 Å². The number of likely N-dealkylation sites (tertiary alicyclic amines) is 1. The Bertz CT molecular complexity index is 1060. The molecule has 156 valence electrons. The maximum Gasteiger partial charge on any atom is 0.255 e. The Balaban J connectivity index is 1.45. The van der Waals surface area contributed by atoms with Crippen LogP contribution in [0, 0.1) is 0 Å². The lowest BCUT2D eigenvalue weighted by Crippen LogP contribution is -2.32. The molecule has 0 radical (unpaired) electrons. The lowest BCUT2D eigenvalue weighted by Gasteiger charge is -2.24. The van der Waals surface area contributed by atoms with Crippen LogP contribution in [0.15, 0.2) is 41.0 Å². The van der Waals surface area contributed by atoms with Gasteiger partial charge in [0, 0.05) is 25.2 Å². The molecule has 1 atom stereocenters. The topological polar surface area (TPSA) is 93.0 Å². The number of nitrogens with zero attached hydrogens (tertiary/aromatic N) is 5. The zero-order valence-electron chi connectivity index (χ0n) is 16.1. The summed E-state index contributed by atoms with van der Waals surface area (Å²) < 4.78 is 1.85. The van der Waals surface area contributed by atoms with E-state index in [0.717, 1.165) is 12.8 Å². The predicted octanol–water partition coefficient (Wildman–Crippen LogP) is 3.63. The van der Waals surface area contributed by atoms with Crippen LogP contribution in [0.4, 0.5) is 5.13 Å². The molecule has 4 rings (SSSR count). The molecule has 1 fully saturated rings. The SMILES string of the molecule is Cn1c(SCC(=O)Nc2nccs2)nnc1C1CCCN1C(=O)c1ccccc1Cl. The second-order valence-corrected chi connectivity index (χ2v) is 8.95. The lowest BCUT2D eigenvalue weighted by atomic mass is 10.1. The number of rotatable bonds is 6. The van der Waals surface area contributed by atoms with Crippen LogP contribution in [0.2, 0.25) is 5.02 Å². The summed E-state index contributed by atoms with van der Waals surface area (Å²) in [5.41, 5.74) is 0.488. The molecule has 3 aromatic rings. The van der Waals surface area contributed by atoms with E-state index in [2.05, 4.69) is 20.5 Å². The number of thiazole rings is 1. The van der Waals surface area contributed by atoms with Gasteiger partial charge in [-0.15, -0.1) is 21.5 Å². The number of aromatic nitrogens is 4. The Morgan fingerprint density at radius 3 is 2.93 bits per heavy atom. The Morgan fingerprint density at radius 2 is 2.17 bits per heavy atom. The van der Waals surface area contributed by atoms with Crippen molar-refractivity contribution in [3.05, 3.63) is 52.3 Å². The van der Waals surface area contributed by atoms with Gasteiger partial charge in [-0.3, -0.25) is 9.59 Å². The van der Waals surface area contributed by atoms with Crippen LogP contribution in [0.25, 0.3) is 0 Å². The molecule has 1 saturated heterocycles. The van der Waals surface area contributed by atoms with Gasteiger partial charge in [-0.05, 0) is 25.0 Å². The zero-order valence-corrected chi connectivity index (χ0v) is 18.5. The number of halogens is 1. The standard InChI is InChI=1S/C19H19ClN6O2S2/c1-25-16(23-24-19(25)30-11-15(27)22-18-21-8-10-29-18)14-7-4-9-26(14)17(28)12-5-2-3-6-13(12)20/h2-3,5-6,8,10,14H,4,7,9,11H2,1H3,(H,21,22,27). The largest absolute Gasteiger partial charge is 0.328 e. The van der Waals surface area contributed by atoms with Crippen molar-refractivity contribution in [2.45, 2.75) is 24.0 Å². The van der Waals surface area contributed by atoms with Crippen LogP contribution >= 0.6 is 34.7 Å². The number of hydrogen-bond donors (Lipinski definition) is 1. The number of carbonyl (C=O) groups is 2. The number of anilines is 1. The van der Waals surface area contributed by atoms with Gasteiger partial charge in [-0.1, -0.05) is 35.5 Å². The van der Waals surface area contributed by atoms with E-state index in [1.165, 1.54) is 23.1 Å². The normalized spacial score (nSPS) is 16.1. The minimum Gasteiger partial charge on any atom is -0.328 e. The first-order valence-corrected chi connectivity index (χ1v) is 11.6. The van der Waals surface area contributed by atoms with Gasteiger partial charge >= 0.3 is 0 Å². The van der Waals surface area contributed by atoms with Gasteiger partial charge in [0.25, 0.3) is 5.91 Å². The van der Waals surface area contributed by atoms with E-state index in [0.29, 0.717) is 33.2 Å². The van der Waals surface area contributed by atoms with E-state index in [1.54, 1.807) is 40.7 Å². The minimum atomic E-state index is -0.176. The first-order valence-electron chi connectivity index (χ1n) is 9.31. The van der Waals surface area contributed by atoms with Crippen molar-refractivity contribution in [1.29, 1.82) is 0 Å². The molecule has 1 unspecified atom stereocenters. The summed E-state index contributed by atoms with van der Waals surface area (Å²) in [5, 5.41) is 14.7. The fourth-order valence-electron chi connectivity index (χ4n) is 3.38. The highest BCUT2D eigenvalue weighted by atomic mass is 35.5. The molecule has 0 aliphatic carbocycles. The molecule has 0 spiro atoms. The minimum absolute atomic E-state index is 0.108. The molecule has 1 N–H and O–H groups in total. The van der Waals surface area contributed by atoms with Crippen molar-refractivity contribution in [1.82, 2.24) is 24.6 Å². The van der Waals surface area contributed by atoms with E-state index in [1.807, 2.05) is 11.6 Å². The van der Waals surface area contributed by atoms with Crippen molar-refractivity contribution < 1.29 is 9.59 Å². The third-order valence-electron chi connectivity index (χ3n) is 4.80. The van der Waals surface area contributed by atoms with Crippen LogP contribution in [0.1, 0.15) is 35.1 Å². The highest BCUT2D eigenvalue weighted by Gasteiger charge is 2.34. The van der Waals surface area contributed by atoms with Crippen molar-refractivity contribution in [3.63, 3.8) is 0 Å². The smallest absolute Gasteiger partial charge is 0.255 e.